The van der Waals surface area contributed by atoms with Crippen molar-refractivity contribution in [3.05, 3.63) is 5.01 Å². The number of aryl methyl sites for hydroxylation is 1. The van der Waals surface area contributed by atoms with E-state index in [4.69, 9.17) is 4.74 Å². The molecule has 0 saturated carbocycles. The third-order valence-electron chi connectivity index (χ3n) is 1.47. The van der Waals surface area contributed by atoms with Gasteiger partial charge in [0.1, 0.15) is 5.01 Å². The molecule has 6 heteroatoms. The Hall–Kier alpha value is -1.17. The van der Waals surface area contributed by atoms with Crippen molar-refractivity contribution in [1.82, 2.24) is 10.2 Å². The molecule has 0 atom stereocenters. The summed E-state index contributed by atoms with van der Waals surface area (Å²) in [4.78, 5) is 11.1. The highest BCUT2D eigenvalue weighted by atomic mass is 32.1. The molecule has 0 fully saturated rings. The first-order valence-electron chi connectivity index (χ1n) is 4.46. The average molecular weight is 215 g/mol. The van der Waals surface area contributed by atoms with Gasteiger partial charge >= 0.3 is 6.09 Å². The van der Waals surface area contributed by atoms with E-state index in [1.807, 2.05) is 13.8 Å². The molecule has 0 unspecified atom stereocenters. The van der Waals surface area contributed by atoms with Crippen LogP contribution in [0.15, 0.2) is 0 Å². The number of nitrogens with zero attached hydrogens (tertiary/aromatic N) is 2. The van der Waals surface area contributed by atoms with Gasteiger partial charge in [0.2, 0.25) is 5.13 Å². The number of ether oxygens (including phenoxy) is 1. The summed E-state index contributed by atoms with van der Waals surface area (Å²) in [7, 11) is 0. The van der Waals surface area contributed by atoms with E-state index in [9.17, 15) is 4.79 Å². The summed E-state index contributed by atoms with van der Waals surface area (Å²) in [6.45, 7) is 4.31. The number of amides is 1. The third kappa shape index (κ3) is 3.69. The molecule has 1 N–H and O–H groups in total. The van der Waals surface area contributed by atoms with Crippen molar-refractivity contribution in [3.8, 4) is 0 Å². The van der Waals surface area contributed by atoms with Crippen LogP contribution in [0.5, 0.6) is 0 Å². The van der Waals surface area contributed by atoms with E-state index in [2.05, 4.69) is 15.5 Å². The SMILES string of the molecule is CCCCOC(=O)Nc1nnc(C)s1. The molecule has 0 spiro atoms. The molecule has 1 aromatic heterocycles. The maximum atomic E-state index is 11.1. The first kappa shape index (κ1) is 10.9. The molecule has 1 rings (SSSR count). The normalized spacial score (nSPS) is 9.86. The molecule has 0 saturated heterocycles. The highest BCUT2D eigenvalue weighted by Crippen LogP contribution is 2.13. The van der Waals surface area contributed by atoms with Crippen LogP contribution in [-0.2, 0) is 4.74 Å². The Balaban J connectivity index is 2.27. The van der Waals surface area contributed by atoms with Gasteiger partial charge in [-0.2, -0.15) is 0 Å². The van der Waals surface area contributed by atoms with Gasteiger partial charge in [-0.25, -0.2) is 4.79 Å². The van der Waals surface area contributed by atoms with Crippen LogP contribution in [0.4, 0.5) is 9.93 Å². The standard InChI is InChI=1S/C8H13N3O2S/c1-3-4-5-13-8(12)9-7-11-10-6(2)14-7/h3-5H2,1-2H3,(H,9,11,12). The van der Waals surface area contributed by atoms with E-state index in [0.29, 0.717) is 11.7 Å². The molecule has 5 nitrogen and oxygen atoms in total. The molecule has 0 bridgehead atoms. The van der Waals surface area contributed by atoms with Crippen molar-refractivity contribution in [2.75, 3.05) is 11.9 Å². The van der Waals surface area contributed by atoms with Gasteiger partial charge in [0.25, 0.3) is 0 Å². The maximum Gasteiger partial charge on any atom is 0.413 e. The molecule has 1 amide bonds. The van der Waals surface area contributed by atoms with E-state index < -0.39 is 6.09 Å². The minimum absolute atomic E-state index is 0.445. The van der Waals surface area contributed by atoms with E-state index in [-0.39, 0.29) is 0 Å². The number of aromatic nitrogens is 2. The fraction of sp³-hybridized carbons (Fsp3) is 0.625. The van der Waals surface area contributed by atoms with Crippen LogP contribution < -0.4 is 5.32 Å². The number of rotatable bonds is 4. The molecule has 1 heterocycles. The summed E-state index contributed by atoms with van der Waals surface area (Å²) < 4.78 is 4.88. The maximum absolute atomic E-state index is 11.1. The van der Waals surface area contributed by atoms with Crippen molar-refractivity contribution in [2.45, 2.75) is 26.7 Å². The van der Waals surface area contributed by atoms with Gasteiger partial charge in [-0.1, -0.05) is 24.7 Å². The second-order valence-corrected chi connectivity index (χ2v) is 3.92. The predicted molar refractivity (Wildman–Crippen MR) is 54.5 cm³/mol. The summed E-state index contributed by atoms with van der Waals surface area (Å²) in [5.41, 5.74) is 0. The Morgan fingerprint density at radius 2 is 2.36 bits per heavy atom. The van der Waals surface area contributed by atoms with Crippen LogP contribution in [-0.4, -0.2) is 22.9 Å². The first-order valence-corrected chi connectivity index (χ1v) is 5.28. The Morgan fingerprint density at radius 1 is 1.57 bits per heavy atom. The third-order valence-corrected chi connectivity index (χ3v) is 2.22. The fourth-order valence-corrected chi connectivity index (χ4v) is 1.36. The Bertz CT molecular complexity index is 301. The van der Waals surface area contributed by atoms with Crippen molar-refractivity contribution in [1.29, 1.82) is 0 Å². The molecule has 0 aliphatic heterocycles. The molecule has 14 heavy (non-hydrogen) atoms. The number of carbonyl (C=O) groups excluding carboxylic acids is 1. The highest BCUT2D eigenvalue weighted by molar-refractivity contribution is 7.15. The zero-order valence-electron chi connectivity index (χ0n) is 8.24. The van der Waals surface area contributed by atoms with E-state index in [1.54, 1.807) is 0 Å². The topological polar surface area (TPSA) is 64.1 Å². The molecule has 0 aliphatic carbocycles. The number of carbonyl (C=O) groups is 1. The van der Waals surface area contributed by atoms with E-state index in [1.165, 1.54) is 11.3 Å². The lowest BCUT2D eigenvalue weighted by Gasteiger charge is -2.02. The zero-order chi connectivity index (χ0) is 10.4. The number of hydrogen-bond donors (Lipinski definition) is 1. The van der Waals surface area contributed by atoms with Crippen LogP contribution in [0.2, 0.25) is 0 Å². The van der Waals surface area contributed by atoms with Gasteiger partial charge in [-0.15, -0.1) is 10.2 Å². The molecule has 0 aromatic carbocycles. The number of anilines is 1. The number of hydrogen-bond acceptors (Lipinski definition) is 5. The van der Waals surface area contributed by atoms with Crippen LogP contribution in [0.25, 0.3) is 0 Å². The molecule has 1 aromatic rings. The lowest BCUT2D eigenvalue weighted by Crippen LogP contribution is -2.14. The zero-order valence-corrected chi connectivity index (χ0v) is 9.06. The van der Waals surface area contributed by atoms with Crippen molar-refractivity contribution in [3.63, 3.8) is 0 Å². The van der Waals surface area contributed by atoms with Crippen molar-refractivity contribution < 1.29 is 9.53 Å². The number of nitrogens with one attached hydrogen (secondary N) is 1. The quantitative estimate of drug-likeness (QED) is 0.782. The van der Waals surface area contributed by atoms with Gasteiger partial charge in [-0.3, -0.25) is 5.32 Å². The van der Waals surface area contributed by atoms with Gasteiger partial charge in [-0.05, 0) is 13.3 Å². The van der Waals surface area contributed by atoms with Crippen LogP contribution in [0.1, 0.15) is 24.8 Å². The fourth-order valence-electron chi connectivity index (χ4n) is 0.780. The summed E-state index contributed by atoms with van der Waals surface area (Å²) in [5.74, 6) is 0. The molecule has 0 radical (unpaired) electrons. The van der Waals surface area contributed by atoms with Gasteiger partial charge in [0.05, 0.1) is 6.61 Å². The minimum Gasteiger partial charge on any atom is -0.449 e. The van der Waals surface area contributed by atoms with Crippen molar-refractivity contribution in [2.24, 2.45) is 0 Å². The monoisotopic (exact) mass is 215 g/mol. The molecular formula is C8H13N3O2S. The lowest BCUT2D eigenvalue weighted by atomic mass is 10.4. The lowest BCUT2D eigenvalue weighted by molar-refractivity contribution is 0.160. The highest BCUT2D eigenvalue weighted by Gasteiger charge is 2.06. The molecule has 78 valence electrons. The summed E-state index contributed by atoms with van der Waals surface area (Å²) in [6, 6.07) is 0. The second kappa shape index (κ2) is 5.54. The van der Waals surface area contributed by atoms with Crippen molar-refractivity contribution >= 4 is 22.6 Å². The van der Waals surface area contributed by atoms with Crippen LogP contribution >= 0.6 is 11.3 Å². The first-order chi connectivity index (χ1) is 6.72. The largest absolute Gasteiger partial charge is 0.449 e. The Morgan fingerprint density at radius 3 is 2.93 bits per heavy atom. The summed E-state index contributed by atoms with van der Waals surface area (Å²) in [5, 5.41) is 11.3. The van der Waals surface area contributed by atoms with E-state index >= 15 is 0 Å². The van der Waals surface area contributed by atoms with Crippen LogP contribution in [0.3, 0.4) is 0 Å². The predicted octanol–water partition coefficient (Wildman–Crippen LogP) is 2.20. The minimum atomic E-state index is -0.463. The summed E-state index contributed by atoms with van der Waals surface area (Å²) >= 11 is 1.32. The summed E-state index contributed by atoms with van der Waals surface area (Å²) in [6.07, 6.45) is 1.42. The second-order valence-electron chi connectivity index (χ2n) is 2.74. The van der Waals surface area contributed by atoms with Gasteiger partial charge < -0.3 is 4.74 Å². The average Bonchev–Trinajstić information content (AvgIpc) is 2.52. The Kier molecular flexibility index (Phi) is 4.31. The van der Waals surface area contributed by atoms with Gasteiger partial charge in [0, 0.05) is 0 Å². The van der Waals surface area contributed by atoms with E-state index in [0.717, 1.165) is 17.8 Å². The Labute approximate surface area is 86.5 Å². The van der Waals surface area contributed by atoms with Crippen LogP contribution in [0, 0.1) is 6.92 Å². The molecular weight excluding hydrogens is 202 g/mol. The number of unbranched alkanes of at least 4 members (excludes halogenated alkanes) is 1. The van der Waals surface area contributed by atoms with Gasteiger partial charge in [0.15, 0.2) is 0 Å². The smallest absolute Gasteiger partial charge is 0.413 e. The molecule has 0 aliphatic rings.